The van der Waals surface area contributed by atoms with Crippen LogP contribution in [0.15, 0.2) is 12.2 Å². The lowest BCUT2D eigenvalue weighted by molar-refractivity contribution is -0.363. The van der Waals surface area contributed by atoms with Gasteiger partial charge in [0.05, 0.1) is 18.1 Å². The van der Waals surface area contributed by atoms with E-state index >= 15 is 0 Å². The summed E-state index contributed by atoms with van der Waals surface area (Å²) in [6, 6.07) is 0. The molecule has 44 heavy (non-hydrogen) atoms. The van der Waals surface area contributed by atoms with Gasteiger partial charge >= 0.3 is 5.97 Å². The smallest absolute Gasteiger partial charge is 0.309 e. The van der Waals surface area contributed by atoms with Crippen molar-refractivity contribution in [1.29, 1.82) is 0 Å². The number of hydrogen-bond acceptors (Lipinski definition) is 8. The Labute approximate surface area is 262 Å². The molecule has 9 heteroatoms. The second-order valence-electron chi connectivity index (χ2n) is 16.8. The first-order valence-electron chi connectivity index (χ1n) is 17.0. The Morgan fingerprint density at radius 1 is 0.841 bits per heavy atom. The molecule has 16 unspecified atom stereocenters. The van der Waals surface area contributed by atoms with E-state index in [1.165, 1.54) is 0 Å². The second-order valence-corrected chi connectivity index (χ2v) is 16.8. The van der Waals surface area contributed by atoms with Gasteiger partial charge in [-0.15, -0.1) is 0 Å². The largest absolute Gasteiger partial charge is 0.481 e. The number of aliphatic hydroxyl groups is 5. The summed E-state index contributed by atoms with van der Waals surface area (Å²) in [7, 11) is 0. The second kappa shape index (κ2) is 10.7. The van der Waals surface area contributed by atoms with Gasteiger partial charge in [0, 0.05) is 5.41 Å². The zero-order chi connectivity index (χ0) is 32.2. The Bertz CT molecular complexity index is 1160. The van der Waals surface area contributed by atoms with Gasteiger partial charge in [-0.25, -0.2) is 0 Å². The Hall–Kier alpha value is -1.07. The Balaban J connectivity index is 1.30. The summed E-state index contributed by atoms with van der Waals surface area (Å²) in [6.07, 6.45) is 0.502. The summed E-state index contributed by atoms with van der Waals surface area (Å²) in [5.41, 5.74) is -0.227. The van der Waals surface area contributed by atoms with Gasteiger partial charge in [-0.2, -0.15) is 0 Å². The highest BCUT2D eigenvalue weighted by Crippen LogP contribution is 2.77. The highest BCUT2D eigenvalue weighted by atomic mass is 16.7. The molecule has 6 fully saturated rings. The first kappa shape index (κ1) is 32.9. The summed E-state index contributed by atoms with van der Waals surface area (Å²) in [5.74, 6) is 0.629. The summed E-state index contributed by atoms with van der Waals surface area (Å²) in [6.45, 7) is 15.7. The van der Waals surface area contributed by atoms with E-state index in [1.807, 2.05) is 0 Å². The molecule has 0 bridgehead atoms. The number of aliphatic carboxylic acids is 1. The van der Waals surface area contributed by atoms with Crippen molar-refractivity contribution in [1.82, 2.24) is 0 Å². The number of aliphatic hydroxyl groups excluding tert-OH is 5. The third-order valence-corrected chi connectivity index (χ3v) is 15.4. The lowest BCUT2D eigenvalue weighted by atomic mass is 9.32. The molecule has 1 saturated heterocycles. The van der Waals surface area contributed by atoms with Crippen molar-refractivity contribution in [3.05, 3.63) is 12.2 Å². The predicted octanol–water partition coefficient (Wildman–Crippen LogP) is 3.84. The van der Waals surface area contributed by atoms with Crippen LogP contribution in [0.5, 0.6) is 0 Å². The number of ether oxygens (including phenoxy) is 2. The molecule has 1 aliphatic heterocycles. The maximum absolute atomic E-state index is 12.9. The molecule has 0 radical (unpaired) electrons. The number of fused-ring (bicyclic) bond motifs is 7. The molecule has 1 heterocycles. The van der Waals surface area contributed by atoms with Crippen LogP contribution in [0.2, 0.25) is 0 Å². The molecule has 16 atom stereocenters. The molecule has 0 amide bonds. The van der Waals surface area contributed by atoms with Crippen molar-refractivity contribution in [2.75, 3.05) is 6.61 Å². The topological polar surface area (TPSA) is 157 Å². The minimum absolute atomic E-state index is 0.00166. The van der Waals surface area contributed by atoms with Crippen LogP contribution in [0.3, 0.4) is 0 Å². The number of allylic oxidation sites excluding steroid dienone is 1. The van der Waals surface area contributed by atoms with E-state index in [1.54, 1.807) is 0 Å². The molecule has 0 aromatic carbocycles. The van der Waals surface area contributed by atoms with Gasteiger partial charge in [0.1, 0.15) is 18.3 Å². The Morgan fingerprint density at radius 3 is 2.18 bits per heavy atom. The first-order chi connectivity index (χ1) is 20.5. The van der Waals surface area contributed by atoms with E-state index in [2.05, 4.69) is 41.2 Å². The lowest BCUT2D eigenvalue weighted by Crippen LogP contribution is -2.68. The van der Waals surface area contributed by atoms with Crippen LogP contribution in [0.25, 0.3) is 0 Å². The van der Waals surface area contributed by atoms with E-state index in [0.717, 1.165) is 63.4 Å². The number of carbonyl (C=O) groups is 1. The predicted molar refractivity (Wildman–Crippen MR) is 162 cm³/mol. The van der Waals surface area contributed by atoms with Crippen LogP contribution in [0.4, 0.5) is 0 Å². The van der Waals surface area contributed by atoms with Crippen LogP contribution in [-0.2, 0) is 14.3 Å². The molecule has 6 rings (SSSR count). The monoisotopic (exact) mass is 620 g/mol. The molecule has 6 aliphatic rings. The van der Waals surface area contributed by atoms with Gasteiger partial charge in [0.2, 0.25) is 0 Å². The van der Waals surface area contributed by atoms with E-state index in [4.69, 9.17) is 9.47 Å². The van der Waals surface area contributed by atoms with Crippen molar-refractivity contribution < 1.29 is 44.9 Å². The van der Waals surface area contributed by atoms with Crippen molar-refractivity contribution in [3.8, 4) is 0 Å². The normalized spacial score (nSPS) is 57.0. The summed E-state index contributed by atoms with van der Waals surface area (Å²) >= 11 is 0. The highest BCUT2D eigenvalue weighted by molar-refractivity contribution is 5.76. The minimum Gasteiger partial charge on any atom is -0.481 e. The van der Waals surface area contributed by atoms with Crippen LogP contribution in [0, 0.1) is 56.7 Å². The third-order valence-electron chi connectivity index (χ3n) is 15.4. The van der Waals surface area contributed by atoms with E-state index < -0.39 is 53.8 Å². The van der Waals surface area contributed by atoms with Crippen molar-refractivity contribution in [2.45, 2.75) is 136 Å². The average Bonchev–Trinajstić information content (AvgIpc) is 3.38. The van der Waals surface area contributed by atoms with Crippen molar-refractivity contribution >= 4 is 5.97 Å². The molecule has 0 aromatic heterocycles. The van der Waals surface area contributed by atoms with Gasteiger partial charge < -0.3 is 40.1 Å². The van der Waals surface area contributed by atoms with E-state index in [-0.39, 0.29) is 40.6 Å². The van der Waals surface area contributed by atoms with Gasteiger partial charge in [-0.1, -0.05) is 39.8 Å². The zero-order valence-corrected chi connectivity index (χ0v) is 27.2. The number of hydrogen-bond donors (Lipinski definition) is 6. The zero-order valence-electron chi connectivity index (χ0n) is 27.2. The maximum atomic E-state index is 12.9. The van der Waals surface area contributed by atoms with Gasteiger partial charge in [-0.05, 0) is 117 Å². The standard InChI is InChI=1S/C35H56O9/c1-18(2)19-9-14-35(30(41)42)16-15-33(5)20(24(19)35)7-8-22-31(3)12-11-23(32(4,17-36)21(31)10-13-34(22,33)6)43-29-27(39)25(37)26(38)28(40)44-29/h19-29,36-40H,1,7-17H2,2-6H3,(H,41,42). The molecular weight excluding hydrogens is 564 g/mol. The number of rotatable bonds is 5. The lowest BCUT2D eigenvalue weighted by Gasteiger charge is -2.73. The van der Waals surface area contributed by atoms with Crippen LogP contribution in [0.1, 0.15) is 98.8 Å². The van der Waals surface area contributed by atoms with Crippen LogP contribution >= 0.6 is 0 Å². The maximum Gasteiger partial charge on any atom is 0.309 e. The van der Waals surface area contributed by atoms with Crippen LogP contribution < -0.4 is 0 Å². The molecule has 6 N–H and O–H groups in total. The molecule has 0 spiro atoms. The fraction of sp³-hybridized carbons (Fsp3) is 0.914. The Morgan fingerprint density at radius 2 is 1.55 bits per heavy atom. The van der Waals surface area contributed by atoms with Crippen molar-refractivity contribution in [3.63, 3.8) is 0 Å². The molecule has 250 valence electrons. The summed E-state index contributed by atoms with van der Waals surface area (Å²) in [5, 5.41) is 62.5. The minimum atomic E-state index is -1.68. The van der Waals surface area contributed by atoms with Gasteiger partial charge in [0.15, 0.2) is 12.6 Å². The third kappa shape index (κ3) is 4.18. The Kier molecular flexibility index (Phi) is 8.01. The molecule has 9 nitrogen and oxygen atoms in total. The van der Waals surface area contributed by atoms with E-state index in [0.29, 0.717) is 18.3 Å². The summed E-state index contributed by atoms with van der Waals surface area (Å²) < 4.78 is 11.7. The fourth-order valence-electron chi connectivity index (χ4n) is 12.8. The summed E-state index contributed by atoms with van der Waals surface area (Å²) in [4.78, 5) is 12.9. The number of carboxylic acid groups (broad SMARTS) is 1. The quantitative estimate of drug-likeness (QED) is 0.199. The van der Waals surface area contributed by atoms with Gasteiger partial charge in [0.25, 0.3) is 0 Å². The highest BCUT2D eigenvalue weighted by Gasteiger charge is 2.72. The first-order valence-corrected chi connectivity index (χ1v) is 17.0. The van der Waals surface area contributed by atoms with E-state index in [9.17, 15) is 35.4 Å². The molecule has 0 aromatic rings. The number of carboxylic acids is 1. The van der Waals surface area contributed by atoms with Crippen molar-refractivity contribution in [2.24, 2.45) is 56.7 Å². The molecule has 5 aliphatic carbocycles. The molecular formula is C35H56O9. The van der Waals surface area contributed by atoms with Crippen LogP contribution in [-0.4, -0.2) is 80.2 Å². The van der Waals surface area contributed by atoms with Gasteiger partial charge in [-0.3, -0.25) is 4.79 Å². The fourth-order valence-corrected chi connectivity index (χ4v) is 12.8. The molecule has 5 saturated carbocycles. The average molecular weight is 621 g/mol. The SMILES string of the molecule is C=C(C)C1CCC2(C(=O)O)CCC3(C)C(CCC4C5(C)CCC(OC6OC(O)C(O)C(O)C6O)C(C)(CO)C5CCC43C)C12.